The maximum atomic E-state index is 12.5. The van der Waals surface area contributed by atoms with E-state index in [1.165, 1.54) is 11.3 Å². The van der Waals surface area contributed by atoms with Crippen LogP contribution in [-0.4, -0.2) is 38.2 Å². The van der Waals surface area contributed by atoms with Crippen LogP contribution in [0.5, 0.6) is 0 Å². The number of carboxylic acids is 1. The largest absolute Gasteiger partial charge is 0.490 e. The fourth-order valence-corrected chi connectivity index (χ4v) is 4.06. The van der Waals surface area contributed by atoms with Gasteiger partial charge in [-0.1, -0.05) is 23.7 Å². The van der Waals surface area contributed by atoms with Crippen LogP contribution in [0.1, 0.15) is 11.1 Å². The molecule has 2 aromatic carbocycles. The van der Waals surface area contributed by atoms with Gasteiger partial charge < -0.3 is 21.1 Å². The average molecular weight is 578 g/mol. The van der Waals surface area contributed by atoms with Crippen molar-refractivity contribution in [2.75, 3.05) is 21.3 Å². The normalized spacial score (nSPS) is 12.1. The highest BCUT2D eigenvalue weighted by Crippen LogP contribution is 2.29. The number of urea groups is 1. The molecule has 15 heteroatoms. The third kappa shape index (κ3) is 7.78. The van der Waals surface area contributed by atoms with Gasteiger partial charge in [0.25, 0.3) is 0 Å². The molecule has 0 aliphatic carbocycles. The Kier molecular flexibility index (Phi) is 8.46. The lowest BCUT2D eigenvalue weighted by atomic mass is 10.0. The van der Waals surface area contributed by atoms with E-state index < -0.39 is 12.1 Å². The Hall–Kier alpha value is -4.43. The third-order valence-electron chi connectivity index (χ3n) is 5.12. The number of carbonyl (C=O) groups is 2. The van der Waals surface area contributed by atoms with Crippen molar-refractivity contribution in [2.45, 2.75) is 19.0 Å². The van der Waals surface area contributed by atoms with Gasteiger partial charge in [-0.2, -0.15) is 18.2 Å². The summed E-state index contributed by atoms with van der Waals surface area (Å²) in [7, 11) is 0. The third-order valence-corrected chi connectivity index (χ3v) is 6.09. The van der Waals surface area contributed by atoms with Crippen LogP contribution in [-0.2, 0) is 17.6 Å². The Labute approximate surface area is 228 Å². The second-order valence-electron chi connectivity index (χ2n) is 7.93. The van der Waals surface area contributed by atoms with E-state index in [2.05, 4.69) is 48.4 Å². The van der Waals surface area contributed by atoms with Crippen LogP contribution in [0.4, 0.5) is 51.9 Å². The van der Waals surface area contributed by atoms with E-state index in [1.54, 1.807) is 17.8 Å². The molecule has 0 atom stereocenters. The number of nitrogens with one attached hydrogen (secondary N) is 4. The van der Waals surface area contributed by atoms with Gasteiger partial charge in [-0.05, 0) is 54.3 Å². The number of hydrogen-bond acceptors (Lipinski definition) is 8. The number of hydrogen-bond donors (Lipinski definition) is 5. The molecule has 202 valence electrons. The Morgan fingerprint density at radius 3 is 2.51 bits per heavy atom. The zero-order chi connectivity index (χ0) is 28.0. The van der Waals surface area contributed by atoms with Gasteiger partial charge in [0.2, 0.25) is 5.95 Å². The summed E-state index contributed by atoms with van der Waals surface area (Å²) in [5.74, 6) is -1.81. The van der Waals surface area contributed by atoms with Gasteiger partial charge in [-0.25, -0.2) is 19.6 Å². The molecule has 4 aromatic rings. The minimum absolute atomic E-state index is 0.338. The molecular weight excluding hydrogens is 559 g/mol. The number of benzene rings is 2. The van der Waals surface area contributed by atoms with E-state index in [0.717, 1.165) is 41.0 Å². The summed E-state index contributed by atoms with van der Waals surface area (Å²) in [6.07, 6.45) is -0.363. The van der Waals surface area contributed by atoms with Crippen LogP contribution in [0.15, 0.2) is 60.2 Å². The molecule has 2 amide bonds. The van der Waals surface area contributed by atoms with Crippen molar-refractivity contribution in [3.63, 3.8) is 0 Å². The summed E-state index contributed by atoms with van der Waals surface area (Å²) < 4.78 is 31.7. The number of halogens is 4. The molecule has 6 bridgehead atoms. The van der Waals surface area contributed by atoms with Crippen molar-refractivity contribution in [1.82, 2.24) is 15.0 Å². The number of rotatable bonds is 2. The van der Waals surface area contributed by atoms with Gasteiger partial charge in [0.15, 0.2) is 10.9 Å². The predicted molar refractivity (Wildman–Crippen MR) is 142 cm³/mol. The van der Waals surface area contributed by atoms with Crippen molar-refractivity contribution in [1.29, 1.82) is 0 Å². The van der Waals surface area contributed by atoms with Crippen molar-refractivity contribution in [3.8, 4) is 0 Å². The number of carboxylic acid groups (broad SMARTS) is 1. The lowest BCUT2D eigenvalue weighted by molar-refractivity contribution is -0.192. The molecule has 1 aliphatic rings. The van der Waals surface area contributed by atoms with Crippen LogP contribution in [0.2, 0.25) is 5.02 Å². The maximum absolute atomic E-state index is 12.5. The zero-order valence-corrected chi connectivity index (χ0v) is 21.3. The minimum Gasteiger partial charge on any atom is -0.475 e. The highest BCUT2D eigenvalue weighted by molar-refractivity contribution is 7.13. The topological polar surface area (TPSA) is 141 Å². The van der Waals surface area contributed by atoms with E-state index in [4.69, 9.17) is 21.5 Å². The van der Waals surface area contributed by atoms with Gasteiger partial charge in [0, 0.05) is 28.6 Å². The highest BCUT2D eigenvalue weighted by atomic mass is 35.5. The van der Waals surface area contributed by atoms with Crippen LogP contribution in [0.3, 0.4) is 0 Å². The SMILES string of the molecule is O=C(Nc1nccs1)Nc1ccc2cc1CCc1cccc(c1)Nc1ncc(Cl)c(n1)N2.O=C(O)C(F)(F)F. The van der Waals surface area contributed by atoms with Gasteiger partial charge in [-0.3, -0.25) is 5.32 Å². The Bertz CT molecular complexity index is 1490. The summed E-state index contributed by atoms with van der Waals surface area (Å²) in [5.41, 5.74) is 4.56. The molecular formula is C24H19ClF3N7O3S. The molecule has 3 heterocycles. The predicted octanol–water partition coefficient (Wildman–Crippen LogP) is 6.45. The van der Waals surface area contributed by atoms with Gasteiger partial charge in [-0.15, -0.1) is 11.3 Å². The number of carbonyl (C=O) groups excluding carboxylic acids is 1. The first kappa shape index (κ1) is 27.6. The quantitative estimate of drug-likeness (QED) is 0.183. The number of aromatic nitrogens is 3. The summed E-state index contributed by atoms with van der Waals surface area (Å²) in [4.78, 5) is 34.2. The first-order chi connectivity index (χ1) is 18.6. The molecule has 2 aromatic heterocycles. The van der Waals surface area contributed by atoms with Crippen LogP contribution >= 0.6 is 22.9 Å². The van der Waals surface area contributed by atoms with Crippen molar-refractivity contribution >= 4 is 68.9 Å². The number of aryl methyl sites for hydroxylation is 2. The Balaban J connectivity index is 0.000000448. The zero-order valence-electron chi connectivity index (χ0n) is 19.7. The summed E-state index contributed by atoms with van der Waals surface area (Å²) in [5, 5.41) is 22.0. The molecule has 0 unspecified atom stereocenters. The van der Waals surface area contributed by atoms with E-state index in [-0.39, 0.29) is 6.03 Å². The first-order valence-corrected chi connectivity index (χ1v) is 12.4. The molecule has 0 saturated heterocycles. The van der Waals surface area contributed by atoms with E-state index in [1.807, 2.05) is 30.3 Å². The minimum atomic E-state index is -5.08. The van der Waals surface area contributed by atoms with Crippen molar-refractivity contribution in [2.24, 2.45) is 0 Å². The standard InChI is InChI=1S/C22H18ClN7OS.C2HF3O2/c23-17-12-25-20-27-15-3-1-2-13(10-15)4-5-14-11-16(26-19(17)29-20)6-7-18(14)28-21(31)30-22-24-8-9-32-22;3-2(4,5)1(6)7/h1-3,6-12H,4-5H2,(H2,24,28,30,31)(H2,25,26,27,29);(H,6,7). The number of thiazole rings is 1. The van der Waals surface area contributed by atoms with E-state index in [0.29, 0.717) is 21.9 Å². The number of fused-ring (bicyclic) bond motifs is 6. The second kappa shape index (κ2) is 12.0. The Morgan fingerprint density at radius 2 is 1.79 bits per heavy atom. The van der Waals surface area contributed by atoms with Gasteiger partial charge >= 0.3 is 18.2 Å². The number of anilines is 6. The highest BCUT2D eigenvalue weighted by Gasteiger charge is 2.38. The monoisotopic (exact) mass is 577 g/mol. The van der Waals surface area contributed by atoms with Crippen molar-refractivity contribution in [3.05, 3.63) is 76.4 Å². The molecule has 1 aliphatic heterocycles. The fraction of sp³-hybridized carbons (Fsp3) is 0.125. The van der Waals surface area contributed by atoms with E-state index in [9.17, 15) is 18.0 Å². The number of nitrogens with zero attached hydrogens (tertiary/aromatic N) is 3. The van der Waals surface area contributed by atoms with Gasteiger partial charge in [0.1, 0.15) is 5.02 Å². The number of aliphatic carboxylic acids is 1. The molecule has 5 N–H and O–H groups in total. The number of alkyl halides is 3. The van der Waals surface area contributed by atoms with Crippen LogP contribution < -0.4 is 21.3 Å². The Morgan fingerprint density at radius 1 is 1.03 bits per heavy atom. The van der Waals surface area contributed by atoms with Crippen molar-refractivity contribution < 1.29 is 27.9 Å². The molecule has 0 spiro atoms. The lowest BCUT2D eigenvalue weighted by Crippen LogP contribution is -2.21. The fourth-order valence-electron chi connectivity index (χ4n) is 3.40. The van der Waals surface area contributed by atoms with E-state index >= 15 is 0 Å². The molecule has 0 radical (unpaired) electrons. The first-order valence-electron chi connectivity index (χ1n) is 11.1. The smallest absolute Gasteiger partial charge is 0.475 e. The molecule has 39 heavy (non-hydrogen) atoms. The maximum Gasteiger partial charge on any atom is 0.490 e. The molecule has 0 saturated carbocycles. The summed E-state index contributed by atoms with van der Waals surface area (Å²) >= 11 is 7.68. The summed E-state index contributed by atoms with van der Waals surface area (Å²) in [6, 6.07) is 13.5. The molecule has 10 nitrogen and oxygen atoms in total. The van der Waals surface area contributed by atoms with Crippen LogP contribution in [0, 0.1) is 0 Å². The average Bonchev–Trinajstić information content (AvgIpc) is 3.38. The lowest BCUT2D eigenvalue weighted by Gasteiger charge is -2.14. The molecule has 0 fully saturated rings. The number of amides is 2. The summed E-state index contributed by atoms with van der Waals surface area (Å²) in [6.45, 7) is 0. The van der Waals surface area contributed by atoms with Crippen LogP contribution in [0.25, 0.3) is 0 Å². The molecule has 5 rings (SSSR count). The van der Waals surface area contributed by atoms with Gasteiger partial charge in [0.05, 0.1) is 6.20 Å². The second-order valence-corrected chi connectivity index (χ2v) is 9.23.